The number of aromatic nitrogens is 6. The average molecular weight is 590 g/mol. The molecule has 2 N–H and O–H groups in total. The van der Waals surface area contributed by atoms with Gasteiger partial charge in [-0.05, 0) is 51.0 Å². The van der Waals surface area contributed by atoms with Crippen molar-refractivity contribution < 1.29 is 30.9 Å². The maximum absolute atomic E-state index is 13.3. The molecule has 1 saturated carbocycles. The Morgan fingerprint density at radius 2 is 1.83 bits per heavy atom. The van der Waals surface area contributed by atoms with Crippen LogP contribution in [-0.4, -0.2) is 49.6 Å². The van der Waals surface area contributed by atoms with Gasteiger partial charge in [0.25, 0.3) is 10.1 Å². The van der Waals surface area contributed by atoms with Gasteiger partial charge in [0.15, 0.2) is 11.5 Å². The van der Waals surface area contributed by atoms with Crippen LogP contribution in [0.1, 0.15) is 55.6 Å². The zero-order chi connectivity index (χ0) is 29.5. The molecule has 1 aliphatic rings. The quantitative estimate of drug-likeness (QED) is 0.243. The number of anilines is 2. The summed E-state index contributed by atoms with van der Waals surface area (Å²) >= 11 is 0. The summed E-state index contributed by atoms with van der Waals surface area (Å²) in [6.07, 6.45) is 0.944. The highest BCUT2D eigenvalue weighted by Gasteiger charge is 2.35. The third kappa shape index (κ3) is 6.30. The number of benzene rings is 1. The maximum atomic E-state index is 13.3. The topological polar surface area (TPSA) is 145 Å². The number of halogens is 3. The fraction of sp³-hybridized carbons (Fsp3) is 0.346. The molecule has 4 aromatic rings. The van der Waals surface area contributed by atoms with Crippen LogP contribution in [0, 0.1) is 0 Å². The van der Waals surface area contributed by atoms with Crippen LogP contribution in [0.25, 0.3) is 22.8 Å². The molecule has 11 nitrogen and oxygen atoms in total. The van der Waals surface area contributed by atoms with E-state index in [9.17, 15) is 26.1 Å². The molecule has 15 heteroatoms. The third-order valence-electron chi connectivity index (χ3n) is 6.41. The summed E-state index contributed by atoms with van der Waals surface area (Å²) in [4.78, 5) is 21.2. The number of nitrogens with zero attached hydrogens (tertiary/aromatic N) is 6. The van der Waals surface area contributed by atoms with Gasteiger partial charge in [0.1, 0.15) is 29.3 Å². The lowest BCUT2D eigenvalue weighted by Crippen LogP contribution is -2.09. The first-order valence-electron chi connectivity index (χ1n) is 12.6. The van der Waals surface area contributed by atoms with Crippen molar-refractivity contribution in [2.75, 3.05) is 12.4 Å². The predicted molar refractivity (Wildman–Crippen MR) is 143 cm³/mol. The van der Waals surface area contributed by atoms with Gasteiger partial charge in [-0.2, -0.15) is 21.6 Å². The van der Waals surface area contributed by atoms with Crippen LogP contribution in [-0.2, 0) is 22.0 Å². The molecule has 1 fully saturated rings. The number of methoxy groups -OCH3 is 1. The number of nitrogens with one attached hydrogen (secondary N) is 1. The smallest absolute Gasteiger partial charge is 0.434 e. The van der Waals surface area contributed by atoms with Crippen LogP contribution < -0.4 is 10.1 Å². The summed E-state index contributed by atoms with van der Waals surface area (Å²) in [7, 11) is -2.98. The summed E-state index contributed by atoms with van der Waals surface area (Å²) in [6, 6.07) is 6.11. The van der Waals surface area contributed by atoms with Crippen LogP contribution in [0.15, 0.2) is 43.0 Å². The van der Waals surface area contributed by atoms with Crippen LogP contribution in [0.5, 0.6) is 5.88 Å². The lowest BCUT2D eigenvalue weighted by molar-refractivity contribution is -0.140. The molecule has 41 heavy (non-hydrogen) atoms. The summed E-state index contributed by atoms with van der Waals surface area (Å²) in [6.45, 7) is 3.51. The summed E-state index contributed by atoms with van der Waals surface area (Å²) < 4.78 is 79.8. The first kappa shape index (κ1) is 28.4. The van der Waals surface area contributed by atoms with Gasteiger partial charge in [-0.3, -0.25) is 4.55 Å². The van der Waals surface area contributed by atoms with E-state index in [1.807, 2.05) is 0 Å². The lowest BCUT2D eigenvalue weighted by Gasteiger charge is -2.15. The van der Waals surface area contributed by atoms with Crippen molar-refractivity contribution in [1.29, 1.82) is 0 Å². The second-order valence-corrected chi connectivity index (χ2v) is 11.3. The number of hydrogen-bond acceptors (Lipinski definition) is 9. The van der Waals surface area contributed by atoms with Gasteiger partial charge in [-0.1, -0.05) is 0 Å². The van der Waals surface area contributed by atoms with E-state index in [-0.39, 0.29) is 40.9 Å². The van der Waals surface area contributed by atoms with E-state index >= 15 is 0 Å². The van der Waals surface area contributed by atoms with E-state index in [0.29, 0.717) is 22.5 Å². The van der Waals surface area contributed by atoms with Crippen LogP contribution in [0.3, 0.4) is 0 Å². The van der Waals surface area contributed by atoms with Gasteiger partial charge in [-0.25, -0.2) is 24.9 Å². The number of hydrogen-bond donors (Lipinski definition) is 2. The van der Waals surface area contributed by atoms with Crippen molar-refractivity contribution in [1.82, 2.24) is 29.5 Å². The van der Waals surface area contributed by atoms with Gasteiger partial charge in [0, 0.05) is 41.2 Å². The molecule has 0 atom stereocenters. The molecule has 3 aromatic heterocycles. The summed E-state index contributed by atoms with van der Waals surface area (Å²) in [5.41, 5.74) is 1.20. The van der Waals surface area contributed by atoms with E-state index in [0.717, 1.165) is 19.0 Å². The van der Waals surface area contributed by atoms with Crippen LogP contribution in [0.4, 0.5) is 24.7 Å². The minimum absolute atomic E-state index is 0.0919. The first-order valence-corrected chi connectivity index (χ1v) is 14.2. The molecular formula is C26H26F3N7O4S. The second kappa shape index (κ2) is 10.7. The molecule has 3 heterocycles. The molecule has 1 aliphatic carbocycles. The monoisotopic (exact) mass is 589 g/mol. The van der Waals surface area contributed by atoms with Gasteiger partial charge < -0.3 is 14.6 Å². The highest BCUT2D eigenvalue weighted by Crippen LogP contribution is 2.45. The van der Waals surface area contributed by atoms with Crippen molar-refractivity contribution in [3.05, 3.63) is 59.9 Å². The predicted octanol–water partition coefficient (Wildman–Crippen LogP) is 5.41. The van der Waals surface area contributed by atoms with Crippen molar-refractivity contribution in [3.8, 4) is 28.7 Å². The molecule has 1 aromatic carbocycles. The summed E-state index contributed by atoms with van der Waals surface area (Å²) in [5, 5.41) is 3.04. The molecule has 0 spiro atoms. The Morgan fingerprint density at radius 1 is 1.12 bits per heavy atom. The molecule has 0 aliphatic heterocycles. The Hall–Kier alpha value is -4.11. The highest BCUT2D eigenvalue weighted by atomic mass is 32.2. The molecule has 0 unspecified atom stereocenters. The molecule has 0 amide bonds. The zero-order valence-electron chi connectivity index (χ0n) is 22.2. The standard InChI is InChI=1S/C26H26F3N7O4S/c1-14(2)36-11-19(26(27,28)29)34-24(36)16-6-8-18(9-7-16)33-22-17(12-41(37,38)39)10-30-23(35-22)20-21(15-4-5-15)31-13-32-25(20)40-3/h6-11,13-15H,4-5,12H2,1-3H3,(H,30,33,35)(H,37,38,39). The molecule has 216 valence electrons. The molecular weight excluding hydrogens is 563 g/mol. The molecule has 0 saturated heterocycles. The Balaban J connectivity index is 1.52. The van der Waals surface area contributed by atoms with Gasteiger partial charge in [-0.15, -0.1) is 0 Å². The minimum atomic E-state index is -4.59. The SMILES string of the molecule is COc1ncnc(C2CC2)c1-c1ncc(CS(=O)(=O)O)c(Nc2ccc(-c3nc(C(F)(F)F)cn3C(C)C)cc2)n1. The molecule has 0 radical (unpaired) electrons. The van der Waals surface area contributed by atoms with E-state index in [4.69, 9.17) is 4.74 Å². The van der Waals surface area contributed by atoms with E-state index < -0.39 is 27.7 Å². The van der Waals surface area contributed by atoms with Gasteiger partial charge in [0.2, 0.25) is 5.88 Å². The van der Waals surface area contributed by atoms with Crippen molar-refractivity contribution >= 4 is 21.6 Å². The summed E-state index contributed by atoms with van der Waals surface area (Å²) in [5.74, 6) is 0.149. The van der Waals surface area contributed by atoms with E-state index in [2.05, 4.69) is 30.2 Å². The van der Waals surface area contributed by atoms with E-state index in [1.54, 1.807) is 38.1 Å². The number of rotatable bonds is 9. The minimum Gasteiger partial charge on any atom is -0.480 e. The Labute approximate surface area is 233 Å². The van der Waals surface area contributed by atoms with Crippen LogP contribution >= 0.6 is 0 Å². The van der Waals surface area contributed by atoms with Gasteiger partial charge in [0.05, 0.1) is 12.8 Å². The lowest BCUT2D eigenvalue weighted by atomic mass is 10.1. The average Bonchev–Trinajstić information content (AvgIpc) is 3.65. The van der Waals surface area contributed by atoms with E-state index in [1.165, 1.54) is 24.2 Å². The normalized spacial score (nSPS) is 14.0. The second-order valence-electron chi connectivity index (χ2n) is 9.86. The number of imidazole rings is 1. The Kier molecular flexibility index (Phi) is 7.42. The molecule has 5 rings (SSSR count). The fourth-order valence-corrected chi connectivity index (χ4v) is 4.93. The number of ether oxygens (including phenoxy) is 1. The molecule has 0 bridgehead atoms. The third-order valence-corrected chi connectivity index (χ3v) is 7.09. The number of alkyl halides is 3. The Bertz CT molecular complexity index is 1690. The highest BCUT2D eigenvalue weighted by molar-refractivity contribution is 7.85. The van der Waals surface area contributed by atoms with Crippen molar-refractivity contribution in [2.45, 2.75) is 50.6 Å². The largest absolute Gasteiger partial charge is 0.480 e. The fourth-order valence-electron chi connectivity index (χ4n) is 4.33. The van der Waals surface area contributed by atoms with Crippen molar-refractivity contribution in [2.24, 2.45) is 0 Å². The van der Waals surface area contributed by atoms with Gasteiger partial charge >= 0.3 is 6.18 Å². The van der Waals surface area contributed by atoms with Crippen molar-refractivity contribution in [3.63, 3.8) is 0 Å². The Morgan fingerprint density at radius 3 is 2.41 bits per heavy atom. The maximum Gasteiger partial charge on any atom is 0.434 e. The zero-order valence-corrected chi connectivity index (χ0v) is 23.0. The van der Waals surface area contributed by atoms with Crippen LogP contribution in [0.2, 0.25) is 0 Å². The first-order chi connectivity index (χ1) is 19.3.